The smallest absolute Gasteiger partial charge is 0.382 e. The number of nitrogens with zero attached hydrogens (tertiary/aromatic N) is 4. The maximum Gasteiger partial charge on any atom is 0.490 e. The Hall–Kier alpha value is -0.620. The van der Waals surface area contributed by atoms with Gasteiger partial charge in [0.1, 0.15) is 30.0 Å². The van der Waals surface area contributed by atoms with Gasteiger partial charge in [0.05, 0.1) is 25.6 Å². The topological polar surface area (TPSA) is 248 Å². The lowest BCUT2D eigenvalue weighted by atomic mass is 10.1. The fourth-order valence-corrected chi connectivity index (χ4v) is 6.79. The van der Waals surface area contributed by atoms with Crippen molar-refractivity contribution in [2.45, 2.75) is 18.2 Å². The van der Waals surface area contributed by atoms with Crippen LogP contribution in [-0.4, -0.2) is 76.7 Å². The van der Waals surface area contributed by atoms with E-state index in [1.54, 1.807) is 4.57 Å². The van der Waals surface area contributed by atoms with Gasteiger partial charge in [0, 0.05) is 0 Å². The minimum atomic E-state index is -5.64. The highest BCUT2D eigenvalue weighted by Gasteiger charge is 2.44. The van der Waals surface area contributed by atoms with Crippen molar-refractivity contribution >= 4 is 62.0 Å². The molecule has 0 amide bonds. The molecule has 1 fully saturated rings. The molecule has 3 heterocycles. The lowest BCUT2D eigenvalue weighted by Gasteiger charge is -2.24. The Morgan fingerprint density at radius 3 is 2.59 bits per heavy atom. The lowest BCUT2D eigenvalue weighted by Crippen LogP contribution is -2.34. The number of phosphoric acid groups is 3. The Kier molecular flexibility index (Phi) is 9.20. The summed E-state index contributed by atoms with van der Waals surface area (Å²) in [6.07, 6.45) is 2.84. The van der Waals surface area contributed by atoms with Crippen molar-refractivity contribution in [1.29, 1.82) is 0 Å². The molecule has 0 bridgehead atoms. The third-order valence-electron chi connectivity index (χ3n) is 4.22. The second-order valence-electron chi connectivity index (χ2n) is 6.44. The number of nitrogens with two attached hydrogens (primary N) is 1. The summed E-state index contributed by atoms with van der Waals surface area (Å²) in [5.41, 5.74) is 6.58. The van der Waals surface area contributed by atoms with Gasteiger partial charge in [-0.3, -0.25) is 4.52 Å². The Bertz CT molecular complexity index is 1150. The molecule has 6 N–H and O–H groups in total. The molecule has 192 valence electrons. The SMILES string of the molecule is CSSCO[C@H]1C(n2cnc3c(N)ncnc32)CO[C@@H]1COP(=O)(O)OP(=O)(O)OP(=O)(O)O. The minimum Gasteiger partial charge on any atom is -0.382 e. The van der Waals surface area contributed by atoms with Gasteiger partial charge in [0.25, 0.3) is 0 Å². The van der Waals surface area contributed by atoms with Crippen LogP contribution < -0.4 is 5.73 Å². The molecule has 0 spiro atoms. The molecule has 1 aliphatic rings. The molecule has 0 aliphatic carbocycles. The number of aromatic nitrogens is 4. The molecule has 17 nitrogen and oxygen atoms in total. The molecular formula is C12H20N5O12P3S2. The average Bonchev–Trinajstić information content (AvgIpc) is 3.28. The fraction of sp³-hybridized carbons (Fsp3) is 0.583. The first-order chi connectivity index (χ1) is 15.8. The van der Waals surface area contributed by atoms with E-state index in [4.69, 9.17) is 29.5 Å². The molecule has 5 atom stereocenters. The highest BCUT2D eigenvalue weighted by molar-refractivity contribution is 8.76. The number of hydrogen-bond acceptors (Lipinski definition) is 14. The Morgan fingerprint density at radius 2 is 1.91 bits per heavy atom. The molecule has 0 aromatic carbocycles. The van der Waals surface area contributed by atoms with Crippen LogP contribution in [0.15, 0.2) is 12.7 Å². The van der Waals surface area contributed by atoms with Crippen molar-refractivity contribution in [3.05, 3.63) is 12.7 Å². The maximum atomic E-state index is 12.1. The molecule has 3 unspecified atom stereocenters. The fourth-order valence-electron chi connectivity index (χ4n) is 3.00. The van der Waals surface area contributed by atoms with Crippen LogP contribution in [0.5, 0.6) is 0 Å². The van der Waals surface area contributed by atoms with Crippen LogP contribution in [0.1, 0.15) is 6.04 Å². The maximum absolute atomic E-state index is 12.1. The average molecular weight is 583 g/mol. The largest absolute Gasteiger partial charge is 0.490 e. The quantitative estimate of drug-likeness (QED) is 0.101. The highest BCUT2D eigenvalue weighted by Crippen LogP contribution is 2.66. The van der Waals surface area contributed by atoms with Crippen molar-refractivity contribution in [3.63, 3.8) is 0 Å². The van der Waals surface area contributed by atoms with Crippen molar-refractivity contribution < 1.29 is 55.9 Å². The van der Waals surface area contributed by atoms with Gasteiger partial charge in [-0.05, 0) is 6.26 Å². The molecule has 1 aliphatic heterocycles. The number of nitrogen functional groups attached to an aromatic ring is 1. The van der Waals surface area contributed by atoms with E-state index >= 15 is 0 Å². The van der Waals surface area contributed by atoms with E-state index in [0.29, 0.717) is 11.2 Å². The highest BCUT2D eigenvalue weighted by atomic mass is 33.1. The molecule has 0 radical (unpaired) electrons. The Balaban J connectivity index is 1.74. The van der Waals surface area contributed by atoms with Crippen molar-refractivity contribution in [3.8, 4) is 0 Å². The zero-order valence-electron chi connectivity index (χ0n) is 17.1. The Labute approximate surface area is 199 Å². The predicted octanol–water partition coefficient (Wildman–Crippen LogP) is 1.05. The van der Waals surface area contributed by atoms with Crippen LogP contribution in [0.25, 0.3) is 11.2 Å². The number of hydrogen-bond donors (Lipinski definition) is 5. The summed E-state index contributed by atoms with van der Waals surface area (Å²) in [5, 5.41) is 0. The summed E-state index contributed by atoms with van der Waals surface area (Å²) in [7, 11) is -13.6. The zero-order chi connectivity index (χ0) is 25.1. The van der Waals surface area contributed by atoms with Gasteiger partial charge in [-0.25, -0.2) is 28.6 Å². The zero-order valence-corrected chi connectivity index (χ0v) is 21.4. The molecule has 22 heteroatoms. The van der Waals surface area contributed by atoms with Gasteiger partial charge < -0.3 is 39.3 Å². The number of imidazole rings is 1. The van der Waals surface area contributed by atoms with E-state index in [1.165, 1.54) is 34.2 Å². The first-order valence-electron chi connectivity index (χ1n) is 8.92. The summed E-state index contributed by atoms with van der Waals surface area (Å²) in [4.78, 5) is 48.5. The molecule has 2 aromatic rings. The summed E-state index contributed by atoms with van der Waals surface area (Å²) in [5.74, 6) is 0.378. The minimum absolute atomic E-state index is 0.0500. The van der Waals surface area contributed by atoms with Crippen LogP contribution in [0, 0.1) is 0 Å². The van der Waals surface area contributed by atoms with Crippen molar-refractivity contribution in [2.24, 2.45) is 0 Å². The standard InChI is InChI=1S/C12H20N5O12P3S2/c1-33-34-6-26-10-7(17-5-16-9-11(13)14-4-15-12(9)17)2-25-8(10)3-27-31(21,22)29-32(23,24)28-30(18,19)20/h4-5,7-8,10H,2-3,6H2,1H3,(H,21,22)(H,23,24)(H2,13,14,15)(H2,18,19,20)/t7?,8-,10+/m1/s1. The third kappa shape index (κ3) is 7.44. The normalized spacial score (nSPS) is 24.8. The number of fused-ring (bicyclic) bond motifs is 1. The van der Waals surface area contributed by atoms with Gasteiger partial charge >= 0.3 is 23.5 Å². The number of anilines is 1. The van der Waals surface area contributed by atoms with E-state index in [-0.39, 0.29) is 18.4 Å². The second kappa shape index (κ2) is 11.2. The van der Waals surface area contributed by atoms with Gasteiger partial charge in [0.2, 0.25) is 0 Å². The van der Waals surface area contributed by atoms with Crippen LogP contribution in [0.3, 0.4) is 0 Å². The molecular weight excluding hydrogens is 563 g/mol. The first kappa shape index (κ1) is 28.0. The molecule has 1 saturated heterocycles. The number of phosphoric ester groups is 1. The molecule has 34 heavy (non-hydrogen) atoms. The van der Waals surface area contributed by atoms with Gasteiger partial charge in [-0.1, -0.05) is 21.6 Å². The monoisotopic (exact) mass is 583 g/mol. The second-order valence-corrected chi connectivity index (χ2v) is 13.4. The lowest BCUT2D eigenvalue weighted by molar-refractivity contribution is -0.0226. The van der Waals surface area contributed by atoms with E-state index in [0.717, 1.165) is 0 Å². The van der Waals surface area contributed by atoms with Crippen molar-refractivity contribution in [1.82, 2.24) is 19.5 Å². The summed E-state index contributed by atoms with van der Waals surface area (Å²) < 4.78 is 59.6. The summed E-state index contributed by atoms with van der Waals surface area (Å²) >= 11 is 0. The molecule has 2 aromatic heterocycles. The molecule has 0 saturated carbocycles. The van der Waals surface area contributed by atoms with Gasteiger partial charge in [0.15, 0.2) is 11.5 Å². The Morgan fingerprint density at radius 1 is 1.18 bits per heavy atom. The first-order valence-corrected chi connectivity index (χ1v) is 16.2. The van der Waals surface area contributed by atoms with Crippen molar-refractivity contribution in [2.75, 3.05) is 31.1 Å². The number of ether oxygens (including phenoxy) is 2. The van der Waals surface area contributed by atoms with Crippen LogP contribution >= 0.6 is 45.1 Å². The third-order valence-corrected chi connectivity index (χ3v) is 9.48. The predicted molar refractivity (Wildman–Crippen MR) is 119 cm³/mol. The summed E-state index contributed by atoms with van der Waals surface area (Å²) in [6, 6.07) is -0.517. The van der Waals surface area contributed by atoms with E-state index in [1.807, 2.05) is 6.26 Å². The van der Waals surface area contributed by atoms with E-state index < -0.39 is 48.3 Å². The van der Waals surface area contributed by atoms with Gasteiger partial charge in [-0.2, -0.15) is 8.62 Å². The molecule has 3 rings (SSSR count). The van der Waals surface area contributed by atoms with E-state index in [2.05, 4.69) is 23.6 Å². The van der Waals surface area contributed by atoms with E-state index in [9.17, 15) is 23.5 Å². The van der Waals surface area contributed by atoms with Gasteiger partial charge in [-0.15, -0.1) is 0 Å². The van der Waals surface area contributed by atoms with Crippen LogP contribution in [0.4, 0.5) is 5.82 Å². The van der Waals surface area contributed by atoms with Crippen LogP contribution in [-0.2, 0) is 36.3 Å². The number of rotatable bonds is 12. The summed E-state index contributed by atoms with van der Waals surface area (Å²) in [6.45, 7) is -0.604. The van der Waals surface area contributed by atoms with Crippen LogP contribution in [0.2, 0.25) is 0 Å².